The molecule has 0 spiro atoms. The Kier molecular flexibility index (Phi) is 4.01. The van der Waals surface area contributed by atoms with E-state index in [-0.39, 0.29) is 11.9 Å². The van der Waals surface area contributed by atoms with E-state index in [9.17, 15) is 4.79 Å². The van der Waals surface area contributed by atoms with Crippen molar-refractivity contribution in [3.63, 3.8) is 0 Å². The monoisotopic (exact) mass is 297 g/mol. The van der Waals surface area contributed by atoms with Crippen molar-refractivity contribution in [2.75, 3.05) is 0 Å². The maximum absolute atomic E-state index is 12.3. The van der Waals surface area contributed by atoms with Crippen LogP contribution in [0.15, 0.2) is 24.4 Å². The quantitative estimate of drug-likeness (QED) is 0.946. The molecule has 1 N–H and O–H groups in total. The molecule has 116 valence electrons. The number of fused-ring (bicyclic) bond motifs is 1. The van der Waals surface area contributed by atoms with Gasteiger partial charge >= 0.3 is 0 Å². The lowest BCUT2D eigenvalue weighted by Gasteiger charge is -2.24. The van der Waals surface area contributed by atoms with Crippen LogP contribution in [0, 0.1) is 20.8 Å². The van der Waals surface area contributed by atoms with Crippen LogP contribution in [0.1, 0.15) is 34.6 Å². The van der Waals surface area contributed by atoms with Gasteiger partial charge in [0.2, 0.25) is 5.91 Å². The molecule has 0 aliphatic carbocycles. The summed E-state index contributed by atoms with van der Waals surface area (Å²) in [6.07, 6.45) is 4.42. The lowest BCUT2D eigenvalue weighted by atomic mass is 10.0. The van der Waals surface area contributed by atoms with Crippen molar-refractivity contribution < 1.29 is 4.79 Å². The van der Waals surface area contributed by atoms with Gasteiger partial charge in [0.15, 0.2) is 0 Å². The Bertz CT molecular complexity index is 702. The highest BCUT2D eigenvalue weighted by atomic mass is 16.1. The van der Waals surface area contributed by atoms with E-state index in [0.29, 0.717) is 6.42 Å². The van der Waals surface area contributed by atoms with Gasteiger partial charge in [-0.05, 0) is 43.9 Å². The predicted molar refractivity (Wildman–Crippen MR) is 86.8 cm³/mol. The van der Waals surface area contributed by atoms with Gasteiger partial charge in [0.05, 0.1) is 12.1 Å². The van der Waals surface area contributed by atoms with Crippen molar-refractivity contribution in [1.82, 2.24) is 14.9 Å². The van der Waals surface area contributed by atoms with Crippen LogP contribution in [0.4, 0.5) is 0 Å². The summed E-state index contributed by atoms with van der Waals surface area (Å²) in [5, 5.41) is 3.16. The minimum absolute atomic E-state index is 0.105. The van der Waals surface area contributed by atoms with Crippen LogP contribution in [-0.4, -0.2) is 21.5 Å². The molecule has 2 aromatic rings. The number of amides is 1. The van der Waals surface area contributed by atoms with Crippen LogP contribution < -0.4 is 5.32 Å². The molecule has 1 aliphatic heterocycles. The lowest BCUT2D eigenvalue weighted by Crippen LogP contribution is -2.41. The zero-order valence-electron chi connectivity index (χ0n) is 13.5. The molecule has 1 aromatic carbocycles. The van der Waals surface area contributed by atoms with Crippen LogP contribution in [0.2, 0.25) is 0 Å². The minimum atomic E-state index is 0.105. The molecule has 22 heavy (non-hydrogen) atoms. The first kappa shape index (κ1) is 14.8. The van der Waals surface area contributed by atoms with Crippen molar-refractivity contribution in [2.24, 2.45) is 0 Å². The number of rotatable bonds is 3. The largest absolute Gasteiger partial charge is 0.351 e. The first-order chi connectivity index (χ1) is 10.5. The smallest absolute Gasteiger partial charge is 0.224 e. The predicted octanol–water partition coefficient (Wildman–Crippen LogP) is 2.48. The van der Waals surface area contributed by atoms with Crippen molar-refractivity contribution in [3.8, 4) is 0 Å². The topological polar surface area (TPSA) is 46.9 Å². The zero-order chi connectivity index (χ0) is 15.7. The number of imidazole rings is 1. The number of hydrogen-bond donors (Lipinski definition) is 1. The maximum atomic E-state index is 12.3. The van der Waals surface area contributed by atoms with E-state index in [1.54, 1.807) is 0 Å². The van der Waals surface area contributed by atoms with Gasteiger partial charge in [-0.3, -0.25) is 4.79 Å². The number of nitrogens with one attached hydrogen (secondary N) is 1. The van der Waals surface area contributed by atoms with Gasteiger partial charge in [0.25, 0.3) is 0 Å². The second-order valence-electron chi connectivity index (χ2n) is 6.35. The summed E-state index contributed by atoms with van der Waals surface area (Å²) in [6.45, 7) is 7.01. The summed E-state index contributed by atoms with van der Waals surface area (Å²) >= 11 is 0. The fourth-order valence-corrected chi connectivity index (χ4v) is 3.08. The van der Waals surface area contributed by atoms with Crippen LogP contribution in [-0.2, 0) is 24.2 Å². The molecule has 0 saturated carbocycles. The molecule has 2 heterocycles. The molecule has 4 heteroatoms. The highest BCUT2D eigenvalue weighted by molar-refractivity contribution is 5.79. The van der Waals surface area contributed by atoms with E-state index < -0.39 is 0 Å². The second kappa shape index (κ2) is 5.95. The third kappa shape index (κ3) is 3.21. The third-order valence-corrected chi connectivity index (χ3v) is 4.41. The number of carbonyl (C=O) groups is 1. The van der Waals surface area contributed by atoms with E-state index in [1.165, 1.54) is 11.1 Å². The summed E-state index contributed by atoms with van der Waals surface area (Å²) in [5.74, 6) is 1.24. The van der Waals surface area contributed by atoms with Crippen molar-refractivity contribution >= 4 is 5.91 Å². The van der Waals surface area contributed by atoms with E-state index in [1.807, 2.05) is 13.0 Å². The Balaban J connectivity index is 1.59. The molecule has 3 rings (SSSR count). The zero-order valence-corrected chi connectivity index (χ0v) is 13.5. The van der Waals surface area contributed by atoms with Crippen LogP contribution in [0.3, 0.4) is 0 Å². The van der Waals surface area contributed by atoms with E-state index >= 15 is 0 Å². The normalized spacial score (nSPS) is 17.1. The van der Waals surface area contributed by atoms with Gasteiger partial charge in [-0.15, -0.1) is 0 Å². The van der Waals surface area contributed by atoms with Gasteiger partial charge < -0.3 is 9.88 Å². The molecule has 0 saturated heterocycles. The highest BCUT2D eigenvalue weighted by Crippen LogP contribution is 2.15. The minimum Gasteiger partial charge on any atom is -0.351 e. The van der Waals surface area contributed by atoms with E-state index in [0.717, 1.165) is 36.5 Å². The van der Waals surface area contributed by atoms with Crippen LogP contribution >= 0.6 is 0 Å². The summed E-state index contributed by atoms with van der Waals surface area (Å²) < 4.78 is 2.17. The summed E-state index contributed by atoms with van der Waals surface area (Å²) in [5.41, 5.74) is 4.63. The number of aromatic nitrogens is 2. The first-order valence-electron chi connectivity index (χ1n) is 7.89. The molecule has 0 bridgehead atoms. The third-order valence-electron chi connectivity index (χ3n) is 4.41. The number of nitrogens with zero attached hydrogens (tertiary/aromatic N) is 2. The van der Waals surface area contributed by atoms with Crippen molar-refractivity contribution in [3.05, 3.63) is 52.6 Å². The average molecular weight is 297 g/mol. The Labute approximate surface area is 131 Å². The molecule has 1 aliphatic rings. The molecular weight excluding hydrogens is 274 g/mol. The Morgan fingerprint density at radius 1 is 1.32 bits per heavy atom. The lowest BCUT2D eigenvalue weighted by molar-refractivity contribution is -0.121. The summed E-state index contributed by atoms with van der Waals surface area (Å²) in [4.78, 5) is 16.8. The molecule has 4 nitrogen and oxygen atoms in total. The molecule has 0 unspecified atom stereocenters. The molecule has 1 atom stereocenters. The van der Waals surface area contributed by atoms with Gasteiger partial charge in [-0.25, -0.2) is 4.98 Å². The first-order valence-corrected chi connectivity index (χ1v) is 7.89. The summed E-state index contributed by atoms with van der Waals surface area (Å²) in [6, 6.07) is 6.44. The molecule has 0 fully saturated rings. The van der Waals surface area contributed by atoms with Crippen molar-refractivity contribution in [2.45, 2.75) is 52.6 Å². The molecule has 1 amide bonds. The van der Waals surface area contributed by atoms with Gasteiger partial charge in [-0.2, -0.15) is 0 Å². The fraction of sp³-hybridized carbons (Fsp3) is 0.444. The second-order valence-corrected chi connectivity index (χ2v) is 6.35. The number of aryl methyl sites for hydroxylation is 4. The number of benzene rings is 1. The average Bonchev–Trinajstić information content (AvgIpc) is 2.82. The standard InChI is InChI=1S/C18H23N3O/c1-12-4-5-15(8-13(12)2)9-18(22)20-16-6-7-17-19-14(3)10-21(17)11-16/h4-5,8,10,16H,6-7,9,11H2,1-3H3,(H,20,22)/t16-/m1/s1. The van der Waals surface area contributed by atoms with E-state index in [4.69, 9.17) is 0 Å². The maximum Gasteiger partial charge on any atom is 0.224 e. The Morgan fingerprint density at radius 3 is 2.91 bits per heavy atom. The molecule has 0 radical (unpaired) electrons. The number of hydrogen-bond acceptors (Lipinski definition) is 2. The SMILES string of the molecule is Cc1cn2c(n1)CC[C@@H](NC(=O)Cc1ccc(C)c(C)c1)C2. The van der Waals surface area contributed by atoms with Gasteiger partial charge in [0.1, 0.15) is 5.82 Å². The number of carbonyl (C=O) groups excluding carboxylic acids is 1. The van der Waals surface area contributed by atoms with Crippen LogP contribution in [0.25, 0.3) is 0 Å². The Hall–Kier alpha value is -2.10. The van der Waals surface area contributed by atoms with E-state index in [2.05, 4.69) is 47.0 Å². The Morgan fingerprint density at radius 2 is 2.14 bits per heavy atom. The van der Waals surface area contributed by atoms with Crippen LogP contribution in [0.5, 0.6) is 0 Å². The summed E-state index contributed by atoms with van der Waals surface area (Å²) in [7, 11) is 0. The highest BCUT2D eigenvalue weighted by Gasteiger charge is 2.21. The molecule has 1 aromatic heterocycles. The van der Waals surface area contributed by atoms with Gasteiger partial charge in [0, 0.05) is 25.2 Å². The fourth-order valence-electron chi connectivity index (χ4n) is 3.08. The van der Waals surface area contributed by atoms with Gasteiger partial charge in [-0.1, -0.05) is 18.2 Å². The molecular formula is C18H23N3O. The van der Waals surface area contributed by atoms with Crippen molar-refractivity contribution in [1.29, 1.82) is 0 Å².